The molecule has 1 saturated heterocycles. The Labute approximate surface area is 177 Å². The van der Waals surface area contributed by atoms with Crippen molar-refractivity contribution in [2.75, 3.05) is 51.8 Å². The number of aryl methyl sites for hydroxylation is 1. The van der Waals surface area contributed by atoms with Crippen LogP contribution in [0, 0.1) is 0 Å². The summed E-state index contributed by atoms with van der Waals surface area (Å²) >= 11 is 0. The van der Waals surface area contributed by atoms with Gasteiger partial charge in [0.15, 0.2) is 13.2 Å². The molecule has 0 aliphatic carbocycles. The Kier molecular flexibility index (Phi) is 7.68. The molecule has 7 nitrogen and oxygen atoms in total. The van der Waals surface area contributed by atoms with Crippen LogP contribution in [0.5, 0.6) is 11.5 Å². The second kappa shape index (κ2) is 10.6. The first-order valence-electron chi connectivity index (χ1n) is 10.3. The van der Waals surface area contributed by atoms with Crippen LogP contribution in [0.3, 0.4) is 0 Å². The molecule has 1 fully saturated rings. The monoisotopic (exact) mass is 412 g/mol. The number of benzene rings is 2. The Balaban J connectivity index is 1.40. The standard InChI is InChI=1S/C23H29N3O4/c1-3-18-6-4-5-7-21(18)24-22(27)16-25-12-14-26(15-13-25)23(28)17-30-20-10-8-19(29-2)9-11-20/h4-11H,3,12-17H2,1-2H3,(H,24,27)/p+1. The zero-order valence-electron chi connectivity index (χ0n) is 17.6. The van der Waals surface area contributed by atoms with Crippen LogP contribution < -0.4 is 19.7 Å². The van der Waals surface area contributed by atoms with Crippen molar-refractivity contribution in [1.29, 1.82) is 0 Å². The van der Waals surface area contributed by atoms with Gasteiger partial charge in [0.2, 0.25) is 0 Å². The normalized spacial score (nSPS) is 14.3. The van der Waals surface area contributed by atoms with Crippen molar-refractivity contribution < 1.29 is 24.0 Å². The lowest BCUT2D eigenvalue weighted by atomic mass is 10.1. The van der Waals surface area contributed by atoms with Gasteiger partial charge >= 0.3 is 0 Å². The van der Waals surface area contributed by atoms with Crippen molar-refractivity contribution in [2.45, 2.75) is 13.3 Å². The number of quaternary nitrogens is 1. The second-order valence-corrected chi connectivity index (χ2v) is 7.33. The fraction of sp³-hybridized carbons (Fsp3) is 0.391. The molecular weight excluding hydrogens is 382 g/mol. The number of nitrogens with zero attached hydrogens (tertiary/aromatic N) is 1. The van der Waals surface area contributed by atoms with E-state index >= 15 is 0 Å². The number of methoxy groups -OCH3 is 1. The van der Waals surface area contributed by atoms with Crippen LogP contribution in [0.15, 0.2) is 48.5 Å². The number of nitrogens with one attached hydrogen (secondary N) is 2. The Bertz CT molecular complexity index is 846. The maximum Gasteiger partial charge on any atom is 0.279 e. The van der Waals surface area contributed by atoms with E-state index in [-0.39, 0.29) is 18.4 Å². The lowest BCUT2D eigenvalue weighted by Gasteiger charge is -2.31. The van der Waals surface area contributed by atoms with Crippen molar-refractivity contribution in [2.24, 2.45) is 0 Å². The summed E-state index contributed by atoms with van der Waals surface area (Å²) in [6.45, 7) is 5.23. The van der Waals surface area contributed by atoms with Gasteiger partial charge in [0.25, 0.3) is 11.8 Å². The van der Waals surface area contributed by atoms with E-state index in [4.69, 9.17) is 9.47 Å². The van der Waals surface area contributed by atoms with Crippen molar-refractivity contribution in [3.63, 3.8) is 0 Å². The number of hydrogen-bond acceptors (Lipinski definition) is 4. The van der Waals surface area contributed by atoms with Crippen LogP contribution in [0.4, 0.5) is 5.69 Å². The number of piperazine rings is 1. The van der Waals surface area contributed by atoms with E-state index in [0.29, 0.717) is 25.4 Å². The number of anilines is 1. The Hall–Kier alpha value is -3.06. The highest BCUT2D eigenvalue weighted by Gasteiger charge is 2.25. The van der Waals surface area contributed by atoms with Crippen LogP contribution in [0.2, 0.25) is 0 Å². The summed E-state index contributed by atoms with van der Waals surface area (Å²) < 4.78 is 10.7. The van der Waals surface area contributed by atoms with Crippen LogP contribution in [-0.4, -0.2) is 63.2 Å². The van der Waals surface area contributed by atoms with Gasteiger partial charge in [-0.3, -0.25) is 9.59 Å². The van der Waals surface area contributed by atoms with Gasteiger partial charge < -0.3 is 24.6 Å². The Morgan fingerprint density at radius 1 is 1.03 bits per heavy atom. The zero-order chi connectivity index (χ0) is 21.3. The van der Waals surface area contributed by atoms with Crippen LogP contribution in [0.25, 0.3) is 0 Å². The first kappa shape index (κ1) is 21.6. The van der Waals surface area contributed by atoms with Crippen molar-refractivity contribution in [3.8, 4) is 11.5 Å². The van der Waals surface area contributed by atoms with E-state index in [1.165, 1.54) is 4.90 Å². The van der Waals surface area contributed by atoms with Crippen LogP contribution in [0.1, 0.15) is 12.5 Å². The molecule has 2 amide bonds. The third-order valence-corrected chi connectivity index (χ3v) is 5.33. The van der Waals surface area contributed by atoms with Crippen molar-refractivity contribution in [3.05, 3.63) is 54.1 Å². The maximum atomic E-state index is 12.4. The predicted molar refractivity (Wildman–Crippen MR) is 115 cm³/mol. The fourth-order valence-electron chi connectivity index (χ4n) is 3.53. The molecule has 2 aromatic rings. The van der Waals surface area contributed by atoms with Gasteiger partial charge in [-0.2, -0.15) is 0 Å². The zero-order valence-corrected chi connectivity index (χ0v) is 17.6. The molecule has 1 heterocycles. The Morgan fingerprint density at radius 2 is 1.70 bits per heavy atom. The quantitative estimate of drug-likeness (QED) is 0.679. The van der Waals surface area contributed by atoms with E-state index in [2.05, 4.69) is 12.2 Å². The highest BCUT2D eigenvalue weighted by molar-refractivity contribution is 5.92. The molecule has 0 saturated carbocycles. The number of carbonyl (C=O) groups excluding carboxylic acids is 2. The molecule has 160 valence electrons. The number of rotatable bonds is 8. The highest BCUT2D eigenvalue weighted by Crippen LogP contribution is 2.17. The predicted octanol–water partition coefficient (Wildman–Crippen LogP) is 1.00. The highest BCUT2D eigenvalue weighted by atomic mass is 16.5. The van der Waals surface area contributed by atoms with Gasteiger partial charge in [-0.1, -0.05) is 25.1 Å². The fourth-order valence-corrected chi connectivity index (χ4v) is 3.53. The van der Waals surface area contributed by atoms with E-state index in [1.54, 1.807) is 36.3 Å². The van der Waals surface area contributed by atoms with E-state index in [0.717, 1.165) is 36.5 Å². The minimum atomic E-state index is -0.0359. The maximum absolute atomic E-state index is 12.4. The number of para-hydroxylation sites is 1. The lowest BCUT2D eigenvalue weighted by Crippen LogP contribution is -3.15. The lowest BCUT2D eigenvalue weighted by molar-refractivity contribution is -0.895. The average molecular weight is 413 g/mol. The van der Waals surface area contributed by atoms with E-state index < -0.39 is 0 Å². The molecule has 0 spiro atoms. The molecule has 0 aromatic heterocycles. The molecule has 0 radical (unpaired) electrons. The molecule has 7 heteroatoms. The first-order chi connectivity index (χ1) is 14.6. The molecule has 0 bridgehead atoms. The Morgan fingerprint density at radius 3 is 2.37 bits per heavy atom. The van der Waals surface area contributed by atoms with Gasteiger partial charge in [0.1, 0.15) is 11.5 Å². The third kappa shape index (κ3) is 5.97. The summed E-state index contributed by atoms with van der Waals surface area (Å²) in [5.74, 6) is 1.35. The third-order valence-electron chi connectivity index (χ3n) is 5.33. The largest absolute Gasteiger partial charge is 0.497 e. The van der Waals surface area contributed by atoms with Gasteiger partial charge in [-0.15, -0.1) is 0 Å². The van der Waals surface area contributed by atoms with Crippen LogP contribution in [-0.2, 0) is 16.0 Å². The van der Waals surface area contributed by atoms with Crippen molar-refractivity contribution in [1.82, 2.24) is 4.90 Å². The summed E-state index contributed by atoms with van der Waals surface area (Å²) in [6, 6.07) is 15.0. The topological polar surface area (TPSA) is 72.3 Å². The number of amides is 2. The van der Waals surface area contributed by atoms with Gasteiger partial charge in [0.05, 0.1) is 33.3 Å². The van der Waals surface area contributed by atoms with Crippen molar-refractivity contribution >= 4 is 17.5 Å². The summed E-state index contributed by atoms with van der Waals surface area (Å²) in [7, 11) is 1.61. The smallest absolute Gasteiger partial charge is 0.279 e. The first-order valence-corrected chi connectivity index (χ1v) is 10.3. The van der Waals surface area contributed by atoms with E-state index in [9.17, 15) is 9.59 Å². The molecule has 2 aromatic carbocycles. The van der Waals surface area contributed by atoms with Crippen LogP contribution >= 0.6 is 0 Å². The van der Waals surface area contributed by atoms with Gasteiger partial charge in [-0.05, 0) is 42.3 Å². The molecule has 0 atom stereocenters. The number of hydrogen-bond donors (Lipinski definition) is 2. The molecule has 1 aliphatic heterocycles. The SMILES string of the molecule is CCc1ccccc1NC(=O)C[NH+]1CCN(C(=O)COc2ccc(OC)cc2)CC1. The molecule has 2 N–H and O–H groups in total. The second-order valence-electron chi connectivity index (χ2n) is 7.33. The summed E-state index contributed by atoms with van der Waals surface area (Å²) in [5.41, 5.74) is 2.02. The summed E-state index contributed by atoms with van der Waals surface area (Å²) in [5, 5.41) is 3.02. The van der Waals surface area contributed by atoms with Gasteiger partial charge in [-0.25, -0.2) is 0 Å². The summed E-state index contributed by atoms with van der Waals surface area (Å²) in [4.78, 5) is 27.8. The number of carbonyl (C=O) groups is 2. The summed E-state index contributed by atoms with van der Waals surface area (Å²) in [6.07, 6.45) is 0.878. The minimum absolute atomic E-state index is 0.00788. The van der Waals surface area contributed by atoms with E-state index in [1.807, 2.05) is 24.3 Å². The minimum Gasteiger partial charge on any atom is -0.497 e. The average Bonchev–Trinajstić information content (AvgIpc) is 2.78. The molecule has 1 aliphatic rings. The number of ether oxygens (including phenoxy) is 2. The van der Waals surface area contributed by atoms with Gasteiger partial charge in [0, 0.05) is 5.69 Å². The molecule has 30 heavy (non-hydrogen) atoms. The molecule has 3 rings (SSSR count). The molecular formula is C23H30N3O4+. The molecule has 0 unspecified atom stereocenters.